The summed E-state index contributed by atoms with van der Waals surface area (Å²) in [6.07, 6.45) is 2.67. The summed E-state index contributed by atoms with van der Waals surface area (Å²) < 4.78 is 5.80. The molecular formula is C24H40N4O2. The summed E-state index contributed by atoms with van der Waals surface area (Å²) in [4.78, 5) is 18.4. The van der Waals surface area contributed by atoms with Crippen LogP contribution in [-0.2, 0) is 10.2 Å². The van der Waals surface area contributed by atoms with Gasteiger partial charge in [-0.25, -0.2) is 0 Å². The number of guanidine groups is 1. The monoisotopic (exact) mass is 416 g/mol. The highest BCUT2D eigenvalue weighted by Gasteiger charge is 2.25. The van der Waals surface area contributed by atoms with Gasteiger partial charge in [0.2, 0.25) is 5.91 Å². The first kappa shape index (κ1) is 24.0. The minimum absolute atomic E-state index is 0.0376. The van der Waals surface area contributed by atoms with Crippen LogP contribution in [0.3, 0.4) is 0 Å². The lowest BCUT2D eigenvalue weighted by Crippen LogP contribution is -2.48. The van der Waals surface area contributed by atoms with Crippen LogP contribution in [0.25, 0.3) is 0 Å². The Morgan fingerprint density at radius 3 is 2.40 bits per heavy atom. The third kappa shape index (κ3) is 7.22. The zero-order chi connectivity index (χ0) is 22.1. The molecule has 0 unspecified atom stereocenters. The van der Waals surface area contributed by atoms with Crippen molar-refractivity contribution in [3.05, 3.63) is 29.8 Å². The van der Waals surface area contributed by atoms with Gasteiger partial charge in [-0.05, 0) is 42.4 Å². The van der Waals surface area contributed by atoms with Gasteiger partial charge >= 0.3 is 0 Å². The third-order valence-electron chi connectivity index (χ3n) is 5.79. The fourth-order valence-electron chi connectivity index (χ4n) is 3.71. The molecule has 30 heavy (non-hydrogen) atoms. The molecule has 1 saturated heterocycles. The van der Waals surface area contributed by atoms with Crippen LogP contribution in [0.15, 0.2) is 29.3 Å². The second-order valence-corrected chi connectivity index (χ2v) is 9.32. The van der Waals surface area contributed by atoms with Crippen molar-refractivity contribution in [1.29, 1.82) is 0 Å². The summed E-state index contributed by atoms with van der Waals surface area (Å²) in [5.41, 5.74) is 1.23. The van der Waals surface area contributed by atoms with Gasteiger partial charge in [-0.2, -0.15) is 0 Å². The lowest BCUT2D eigenvalue weighted by molar-refractivity contribution is -0.121. The van der Waals surface area contributed by atoms with Crippen molar-refractivity contribution in [2.75, 3.05) is 40.3 Å². The molecule has 6 nitrogen and oxygen atoms in total. The molecule has 2 rings (SSSR count). The van der Waals surface area contributed by atoms with Crippen molar-refractivity contribution in [1.82, 2.24) is 15.5 Å². The molecule has 1 aromatic carbocycles. The fourth-order valence-corrected chi connectivity index (χ4v) is 3.71. The highest BCUT2D eigenvalue weighted by molar-refractivity contribution is 5.80. The summed E-state index contributed by atoms with van der Waals surface area (Å²) in [6, 6.07) is 8.44. The van der Waals surface area contributed by atoms with Crippen molar-refractivity contribution in [2.45, 2.75) is 52.4 Å². The molecule has 1 fully saturated rings. The predicted molar refractivity (Wildman–Crippen MR) is 124 cm³/mol. The Hall–Kier alpha value is -2.24. The van der Waals surface area contributed by atoms with Crippen molar-refractivity contribution in [3.63, 3.8) is 0 Å². The Morgan fingerprint density at radius 1 is 1.23 bits per heavy atom. The van der Waals surface area contributed by atoms with Gasteiger partial charge < -0.3 is 20.3 Å². The average molecular weight is 417 g/mol. The van der Waals surface area contributed by atoms with Crippen LogP contribution in [-0.4, -0.2) is 57.1 Å². The zero-order valence-electron chi connectivity index (χ0n) is 19.6. The largest absolute Gasteiger partial charge is 0.493 e. The summed E-state index contributed by atoms with van der Waals surface area (Å²) >= 11 is 0. The van der Waals surface area contributed by atoms with Crippen molar-refractivity contribution in [2.24, 2.45) is 16.8 Å². The van der Waals surface area contributed by atoms with E-state index in [0.717, 1.165) is 50.8 Å². The van der Waals surface area contributed by atoms with Crippen molar-refractivity contribution < 1.29 is 9.53 Å². The molecule has 0 atom stereocenters. The Bertz CT molecular complexity index is 690. The highest BCUT2D eigenvalue weighted by Crippen LogP contribution is 2.25. The number of hydrogen-bond donors (Lipinski definition) is 2. The number of ether oxygens (including phenoxy) is 1. The summed E-state index contributed by atoms with van der Waals surface area (Å²) in [5, 5.41) is 6.29. The second-order valence-electron chi connectivity index (χ2n) is 9.32. The Morgan fingerprint density at radius 2 is 1.87 bits per heavy atom. The van der Waals surface area contributed by atoms with Gasteiger partial charge in [-0.15, -0.1) is 0 Å². The zero-order valence-corrected chi connectivity index (χ0v) is 19.6. The number of benzene rings is 1. The molecule has 1 heterocycles. The van der Waals surface area contributed by atoms with E-state index in [1.165, 1.54) is 5.56 Å². The van der Waals surface area contributed by atoms with Crippen LogP contribution in [0.4, 0.5) is 0 Å². The maximum atomic E-state index is 11.6. The first-order valence-corrected chi connectivity index (χ1v) is 11.1. The number of amides is 1. The van der Waals surface area contributed by atoms with Crippen LogP contribution in [0.5, 0.6) is 5.75 Å². The second kappa shape index (κ2) is 11.2. The molecule has 0 aromatic heterocycles. The fraction of sp³-hybridized carbons (Fsp3) is 0.667. The molecule has 1 aliphatic rings. The topological polar surface area (TPSA) is 66.0 Å². The quantitative estimate of drug-likeness (QED) is 0.503. The maximum Gasteiger partial charge on any atom is 0.220 e. The molecule has 1 aliphatic heterocycles. The van der Waals surface area contributed by atoms with Gasteiger partial charge in [0.15, 0.2) is 5.96 Å². The van der Waals surface area contributed by atoms with Gasteiger partial charge in [0.1, 0.15) is 5.75 Å². The van der Waals surface area contributed by atoms with Crippen LogP contribution >= 0.6 is 0 Å². The minimum atomic E-state index is -0.0376. The molecule has 0 spiro atoms. The minimum Gasteiger partial charge on any atom is -0.493 e. The number of nitrogens with zero attached hydrogens (tertiary/aromatic N) is 2. The Labute approximate surface area is 182 Å². The van der Waals surface area contributed by atoms with Gasteiger partial charge in [-0.1, -0.05) is 39.8 Å². The molecule has 0 bridgehead atoms. The number of piperidine rings is 1. The number of carbonyl (C=O) groups is 1. The number of likely N-dealkylation sites (tertiary alicyclic amines) is 1. The van der Waals surface area contributed by atoms with E-state index < -0.39 is 0 Å². The Balaban J connectivity index is 1.87. The average Bonchev–Trinajstić information content (AvgIpc) is 2.74. The normalized spacial score (nSPS) is 16.0. The SMILES string of the molecule is CN=C(NCC(C)(C)c1ccc(OCC(C)C)cc1)N1CCC(CC(=O)NC)CC1. The lowest BCUT2D eigenvalue weighted by atomic mass is 9.84. The number of nitrogens with one attached hydrogen (secondary N) is 2. The van der Waals surface area contributed by atoms with Gasteiger partial charge in [0.05, 0.1) is 6.61 Å². The van der Waals surface area contributed by atoms with E-state index in [2.05, 4.69) is 72.5 Å². The van der Waals surface area contributed by atoms with E-state index in [1.54, 1.807) is 7.05 Å². The Kier molecular flexibility index (Phi) is 9.00. The van der Waals surface area contributed by atoms with E-state index in [4.69, 9.17) is 4.74 Å². The van der Waals surface area contributed by atoms with Crippen LogP contribution < -0.4 is 15.4 Å². The predicted octanol–water partition coefficient (Wildman–Crippen LogP) is 3.42. The highest BCUT2D eigenvalue weighted by atomic mass is 16.5. The third-order valence-corrected chi connectivity index (χ3v) is 5.79. The molecule has 168 valence electrons. The number of carbonyl (C=O) groups excluding carboxylic acids is 1. The van der Waals surface area contributed by atoms with Crippen LogP contribution in [0, 0.1) is 11.8 Å². The van der Waals surface area contributed by atoms with E-state index >= 15 is 0 Å². The molecule has 0 saturated carbocycles. The smallest absolute Gasteiger partial charge is 0.220 e. The lowest BCUT2D eigenvalue weighted by Gasteiger charge is -2.35. The summed E-state index contributed by atoms with van der Waals surface area (Å²) in [6.45, 7) is 12.2. The molecule has 1 amide bonds. The first-order chi connectivity index (χ1) is 14.2. The van der Waals surface area contributed by atoms with E-state index in [1.807, 2.05) is 7.05 Å². The van der Waals surface area contributed by atoms with Crippen LogP contribution in [0.2, 0.25) is 0 Å². The molecule has 0 radical (unpaired) electrons. The number of aliphatic imine (C=N–C) groups is 1. The van der Waals surface area contributed by atoms with E-state index in [0.29, 0.717) is 18.3 Å². The van der Waals surface area contributed by atoms with Crippen LogP contribution in [0.1, 0.15) is 52.5 Å². The molecule has 6 heteroatoms. The maximum absolute atomic E-state index is 11.6. The summed E-state index contributed by atoms with van der Waals surface area (Å²) in [7, 11) is 3.55. The first-order valence-electron chi connectivity index (χ1n) is 11.1. The van der Waals surface area contributed by atoms with Gasteiger partial charge in [0, 0.05) is 45.6 Å². The molecule has 0 aliphatic carbocycles. The number of rotatable bonds is 8. The van der Waals surface area contributed by atoms with Gasteiger partial charge in [0.25, 0.3) is 0 Å². The molecule has 2 N–H and O–H groups in total. The van der Waals surface area contributed by atoms with E-state index in [-0.39, 0.29) is 11.3 Å². The van der Waals surface area contributed by atoms with E-state index in [9.17, 15) is 4.79 Å². The van der Waals surface area contributed by atoms with Gasteiger partial charge in [-0.3, -0.25) is 9.79 Å². The molecule has 1 aromatic rings. The van der Waals surface area contributed by atoms with Crippen molar-refractivity contribution >= 4 is 11.9 Å². The standard InChI is InChI=1S/C24H40N4O2/c1-18(2)16-30-21-9-7-20(8-10-21)24(3,4)17-27-23(26-6)28-13-11-19(12-14-28)15-22(29)25-5/h7-10,18-19H,11-17H2,1-6H3,(H,25,29)(H,26,27). The summed E-state index contributed by atoms with van der Waals surface area (Å²) in [5.74, 6) is 2.99. The number of hydrogen-bond acceptors (Lipinski definition) is 3. The molecular weight excluding hydrogens is 376 g/mol. The van der Waals surface area contributed by atoms with Crippen molar-refractivity contribution in [3.8, 4) is 5.75 Å².